The number of benzene rings is 3. The fraction of sp³-hybridized carbons (Fsp3) is 0.0833. The first kappa shape index (κ1) is 20.2. The van der Waals surface area contributed by atoms with Gasteiger partial charge in [0.05, 0.1) is 16.0 Å². The molecule has 1 aromatic heterocycles. The van der Waals surface area contributed by atoms with E-state index in [0.717, 1.165) is 5.56 Å². The van der Waals surface area contributed by atoms with Crippen LogP contribution in [0.15, 0.2) is 77.6 Å². The van der Waals surface area contributed by atoms with Crippen molar-refractivity contribution >= 4 is 39.9 Å². The van der Waals surface area contributed by atoms with Crippen LogP contribution in [0.2, 0.25) is 10.0 Å². The van der Waals surface area contributed by atoms with Crippen molar-refractivity contribution in [3.63, 3.8) is 0 Å². The van der Waals surface area contributed by atoms with Crippen LogP contribution in [0.5, 0.6) is 0 Å². The molecule has 0 fully saturated rings. The molecular formula is C24H18Cl2N2O2. The molecule has 1 N–H and O–H groups in total. The molecule has 0 aliphatic rings. The molecule has 3 aromatic carbocycles. The summed E-state index contributed by atoms with van der Waals surface area (Å²) in [5.41, 5.74) is 2.31. The van der Waals surface area contributed by atoms with E-state index in [9.17, 15) is 9.59 Å². The van der Waals surface area contributed by atoms with Gasteiger partial charge in [-0.2, -0.15) is 0 Å². The van der Waals surface area contributed by atoms with E-state index in [2.05, 4.69) is 5.32 Å². The number of aromatic nitrogens is 1. The second kappa shape index (κ2) is 8.34. The first-order valence-corrected chi connectivity index (χ1v) is 10.1. The van der Waals surface area contributed by atoms with Crippen LogP contribution in [0.1, 0.15) is 21.6 Å². The molecule has 0 saturated heterocycles. The number of para-hydroxylation sites is 1. The molecule has 0 unspecified atom stereocenters. The SMILES string of the molecule is Cc1c(C(=O)NCc2ccc(Cl)cc2)c2cccc(Cl)c2c(=O)n1-c1ccccc1. The molecule has 0 radical (unpaired) electrons. The molecule has 0 bridgehead atoms. The molecule has 30 heavy (non-hydrogen) atoms. The van der Waals surface area contributed by atoms with E-state index < -0.39 is 0 Å². The normalized spacial score (nSPS) is 10.9. The summed E-state index contributed by atoms with van der Waals surface area (Å²) in [6.07, 6.45) is 0. The Bertz CT molecular complexity index is 1300. The number of fused-ring (bicyclic) bond motifs is 1. The summed E-state index contributed by atoms with van der Waals surface area (Å²) in [5.74, 6) is -0.278. The Morgan fingerprint density at radius 3 is 2.33 bits per heavy atom. The molecule has 6 heteroatoms. The molecule has 1 amide bonds. The van der Waals surface area contributed by atoms with Gasteiger partial charge in [-0.1, -0.05) is 65.7 Å². The summed E-state index contributed by atoms with van der Waals surface area (Å²) in [7, 11) is 0. The summed E-state index contributed by atoms with van der Waals surface area (Å²) in [5, 5.41) is 4.75. The molecule has 0 aliphatic carbocycles. The van der Waals surface area contributed by atoms with Gasteiger partial charge in [-0.05, 0) is 42.8 Å². The molecule has 0 spiro atoms. The third-order valence-electron chi connectivity index (χ3n) is 5.00. The van der Waals surface area contributed by atoms with Gasteiger partial charge in [-0.3, -0.25) is 14.2 Å². The number of nitrogens with zero attached hydrogens (tertiary/aromatic N) is 1. The predicted octanol–water partition coefficient (Wildman–Crippen LogP) is 5.54. The number of halogens is 2. The van der Waals surface area contributed by atoms with Crippen molar-refractivity contribution in [1.82, 2.24) is 9.88 Å². The van der Waals surface area contributed by atoms with Crippen LogP contribution in [0.25, 0.3) is 16.5 Å². The predicted molar refractivity (Wildman–Crippen MR) is 122 cm³/mol. The fourth-order valence-corrected chi connectivity index (χ4v) is 3.95. The quantitative estimate of drug-likeness (QED) is 0.456. The van der Waals surface area contributed by atoms with Gasteiger partial charge in [0.1, 0.15) is 0 Å². The smallest absolute Gasteiger partial charge is 0.264 e. The lowest BCUT2D eigenvalue weighted by Crippen LogP contribution is -2.29. The lowest BCUT2D eigenvalue weighted by atomic mass is 10.0. The molecule has 4 aromatic rings. The Kier molecular flexibility index (Phi) is 5.62. The highest BCUT2D eigenvalue weighted by Crippen LogP contribution is 2.27. The van der Waals surface area contributed by atoms with Gasteiger partial charge in [0.15, 0.2) is 0 Å². The third kappa shape index (κ3) is 3.72. The second-order valence-corrected chi connectivity index (χ2v) is 7.75. The first-order chi connectivity index (χ1) is 14.5. The number of amides is 1. The van der Waals surface area contributed by atoms with E-state index in [4.69, 9.17) is 23.2 Å². The number of hydrogen-bond acceptors (Lipinski definition) is 2. The van der Waals surface area contributed by atoms with Crippen LogP contribution >= 0.6 is 23.2 Å². The Hall–Kier alpha value is -3.08. The summed E-state index contributed by atoms with van der Waals surface area (Å²) in [6.45, 7) is 2.11. The minimum Gasteiger partial charge on any atom is -0.348 e. The summed E-state index contributed by atoms with van der Waals surface area (Å²) in [6, 6.07) is 21.6. The van der Waals surface area contributed by atoms with Crippen molar-refractivity contribution in [2.75, 3.05) is 0 Å². The second-order valence-electron chi connectivity index (χ2n) is 6.91. The minimum absolute atomic E-state index is 0.256. The lowest BCUT2D eigenvalue weighted by molar-refractivity contribution is 0.0951. The van der Waals surface area contributed by atoms with E-state index >= 15 is 0 Å². The molecule has 0 saturated carbocycles. The van der Waals surface area contributed by atoms with E-state index in [0.29, 0.717) is 44.3 Å². The Labute approximate surface area is 183 Å². The van der Waals surface area contributed by atoms with Gasteiger partial charge >= 0.3 is 0 Å². The van der Waals surface area contributed by atoms with Crippen LogP contribution in [0.4, 0.5) is 0 Å². The number of pyridine rings is 1. The van der Waals surface area contributed by atoms with E-state index in [-0.39, 0.29) is 11.5 Å². The zero-order valence-electron chi connectivity index (χ0n) is 16.2. The Balaban J connectivity index is 1.86. The molecule has 150 valence electrons. The monoisotopic (exact) mass is 436 g/mol. The van der Waals surface area contributed by atoms with Crippen molar-refractivity contribution in [3.05, 3.63) is 110 Å². The molecule has 1 heterocycles. The van der Waals surface area contributed by atoms with Gasteiger partial charge in [-0.25, -0.2) is 0 Å². The van der Waals surface area contributed by atoms with Crippen LogP contribution in [-0.4, -0.2) is 10.5 Å². The maximum absolute atomic E-state index is 13.3. The van der Waals surface area contributed by atoms with Crippen LogP contribution in [-0.2, 0) is 6.54 Å². The number of rotatable bonds is 4. The van der Waals surface area contributed by atoms with Crippen molar-refractivity contribution in [1.29, 1.82) is 0 Å². The molecule has 4 nitrogen and oxygen atoms in total. The number of nitrogens with one attached hydrogen (secondary N) is 1. The van der Waals surface area contributed by atoms with Crippen LogP contribution in [0.3, 0.4) is 0 Å². The Morgan fingerprint density at radius 2 is 1.63 bits per heavy atom. The van der Waals surface area contributed by atoms with Gasteiger partial charge in [-0.15, -0.1) is 0 Å². The zero-order valence-corrected chi connectivity index (χ0v) is 17.7. The number of hydrogen-bond donors (Lipinski definition) is 1. The summed E-state index contributed by atoms with van der Waals surface area (Å²) >= 11 is 12.3. The topological polar surface area (TPSA) is 51.1 Å². The number of carbonyl (C=O) groups excluding carboxylic acids is 1. The van der Waals surface area contributed by atoms with Crippen molar-refractivity contribution in [2.24, 2.45) is 0 Å². The fourth-order valence-electron chi connectivity index (χ4n) is 3.57. The average Bonchev–Trinajstić information content (AvgIpc) is 2.74. The van der Waals surface area contributed by atoms with Crippen molar-refractivity contribution < 1.29 is 4.79 Å². The molecule has 0 aliphatic heterocycles. The maximum Gasteiger partial charge on any atom is 0.264 e. The van der Waals surface area contributed by atoms with E-state index in [1.807, 2.05) is 42.5 Å². The first-order valence-electron chi connectivity index (χ1n) is 9.39. The largest absolute Gasteiger partial charge is 0.348 e. The highest BCUT2D eigenvalue weighted by molar-refractivity contribution is 6.36. The third-order valence-corrected chi connectivity index (χ3v) is 5.57. The van der Waals surface area contributed by atoms with E-state index in [1.54, 1.807) is 37.3 Å². The van der Waals surface area contributed by atoms with Crippen LogP contribution in [0, 0.1) is 6.92 Å². The molecule has 0 atom stereocenters. The molecule has 4 rings (SSSR count). The molecular weight excluding hydrogens is 419 g/mol. The van der Waals surface area contributed by atoms with Gasteiger partial charge in [0.2, 0.25) is 0 Å². The highest BCUT2D eigenvalue weighted by atomic mass is 35.5. The van der Waals surface area contributed by atoms with E-state index in [1.165, 1.54) is 4.57 Å². The average molecular weight is 437 g/mol. The number of carbonyl (C=O) groups is 1. The summed E-state index contributed by atoms with van der Waals surface area (Å²) in [4.78, 5) is 26.5. The Morgan fingerprint density at radius 1 is 0.933 bits per heavy atom. The maximum atomic E-state index is 13.3. The zero-order chi connectivity index (χ0) is 21.3. The summed E-state index contributed by atoms with van der Waals surface area (Å²) < 4.78 is 1.53. The van der Waals surface area contributed by atoms with Gasteiger partial charge in [0, 0.05) is 28.3 Å². The standard InChI is InChI=1S/C24H18Cl2N2O2/c1-15-21(23(29)27-14-16-10-12-17(25)13-11-16)19-8-5-9-20(26)22(19)24(30)28(15)18-6-3-2-4-7-18/h2-13H,14H2,1H3,(H,27,29). The van der Waals surface area contributed by atoms with Gasteiger partial charge in [0.25, 0.3) is 11.5 Å². The lowest BCUT2D eigenvalue weighted by Gasteiger charge is -2.18. The van der Waals surface area contributed by atoms with Crippen molar-refractivity contribution in [3.8, 4) is 5.69 Å². The van der Waals surface area contributed by atoms with Gasteiger partial charge < -0.3 is 5.32 Å². The highest BCUT2D eigenvalue weighted by Gasteiger charge is 2.21. The minimum atomic E-state index is -0.278. The van der Waals surface area contributed by atoms with Crippen molar-refractivity contribution in [2.45, 2.75) is 13.5 Å². The van der Waals surface area contributed by atoms with Crippen LogP contribution < -0.4 is 10.9 Å².